The van der Waals surface area contributed by atoms with E-state index in [-0.39, 0.29) is 12.2 Å². The maximum Gasteiger partial charge on any atom is 0.193 e. The van der Waals surface area contributed by atoms with Gasteiger partial charge >= 0.3 is 0 Å². The van der Waals surface area contributed by atoms with E-state index >= 15 is 0 Å². The van der Waals surface area contributed by atoms with E-state index in [0.717, 1.165) is 62.7 Å². The quantitative estimate of drug-likeness (QED) is 0.582. The summed E-state index contributed by atoms with van der Waals surface area (Å²) in [5, 5.41) is 3.46. The summed E-state index contributed by atoms with van der Waals surface area (Å²) in [6, 6.07) is 4.26. The summed E-state index contributed by atoms with van der Waals surface area (Å²) in [5.41, 5.74) is 1.15. The molecule has 2 fully saturated rings. The molecule has 3 rings (SSSR count). The van der Waals surface area contributed by atoms with E-state index in [1.54, 1.807) is 0 Å². The largest absolute Gasteiger partial charge is 0.381 e. The number of anilines is 1. The molecule has 1 aromatic rings. The first-order valence-corrected chi connectivity index (χ1v) is 10.9. The third kappa shape index (κ3) is 6.57. The van der Waals surface area contributed by atoms with Crippen molar-refractivity contribution < 1.29 is 9.47 Å². The van der Waals surface area contributed by atoms with Gasteiger partial charge in [0, 0.05) is 59.7 Å². The van der Waals surface area contributed by atoms with E-state index in [1.807, 2.05) is 13.2 Å². The number of hydrogen-bond donors (Lipinski definition) is 1. The van der Waals surface area contributed by atoms with Crippen LogP contribution in [0.25, 0.3) is 0 Å². The highest BCUT2D eigenvalue weighted by molar-refractivity contribution is 5.79. The maximum absolute atomic E-state index is 5.82. The van der Waals surface area contributed by atoms with Crippen LogP contribution in [0.4, 0.5) is 5.82 Å². The number of hydrogen-bond acceptors (Lipinski definition) is 5. The Hall–Kier alpha value is -1.86. The first kappa shape index (κ1) is 21.8. The zero-order chi connectivity index (χ0) is 20.6. The second-order valence-electron chi connectivity index (χ2n) is 8.35. The third-order valence-electron chi connectivity index (χ3n) is 5.79. The van der Waals surface area contributed by atoms with Crippen LogP contribution in [0.5, 0.6) is 0 Å². The Kier molecular flexibility index (Phi) is 8.12. The van der Waals surface area contributed by atoms with Crippen molar-refractivity contribution in [2.24, 2.45) is 10.9 Å². The van der Waals surface area contributed by atoms with Crippen LogP contribution in [0.15, 0.2) is 23.3 Å². The standard InChI is InChI=1S/C22H37N5O2/c1-17-15-27(16-18(2)29-17)21-6-5-20(13-24-21)14-25-22(23-3)26(4)10-7-19-8-11-28-12-9-19/h5-6,13,17-19H,7-12,14-16H2,1-4H3,(H,23,25). The highest BCUT2D eigenvalue weighted by Gasteiger charge is 2.23. The van der Waals surface area contributed by atoms with Crippen molar-refractivity contribution in [3.8, 4) is 0 Å². The van der Waals surface area contributed by atoms with Gasteiger partial charge in [0.1, 0.15) is 5.82 Å². The number of aliphatic imine (C=N–C) groups is 1. The highest BCUT2D eigenvalue weighted by Crippen LogP contribution is 2.19. The smallest absolute Gasteiger partial charge is 0.193 e. The SMILES string of the molecule is CN=C(NCc1ccc(N2CC(C)OC(C)C2)nc1)N(C)CCC1CCOCC1. The number of nitrogens with one attached hydrogen (secondary N) is 1. The Labute approximate surface area is 175 Å². The van der Waals surface area contributed by atoms with Crippen molar-refractivity contribution in [1.82, 2.24) is 15.2 Å². The van der Waals surface area contributed by atoms with Crippen LogP contribution in [0.2, 0.25) is 0 Å². The van der Waals surface area contributed by atoms with E-state index in [2.05, 4.69) is 58.1 Å². The fourth-order valence-corrected chi connectivity index (χ4v) is 4.16. The van der Waals surface area contributed by atoms with Crippen molar-refractivity contribution in [3.63, 3.8) is 0 Å². The van der Waals surface area contributed by atoms with Crippen molar-refractivity contribution in [2.45, 2.75) is 51.9 Å². The molecule has 7 heteroatoms. The lowest BCUT2D eigenvalue weighted by Gasteiger charge is -2.36. The van der Waals surface area contributed by atoms with Crippen LogP contribution in [0.3, 0.4) is 0 Å². The van der Waals surface area contributed by atoms with E-state index in [4.69, 9.17) is 9.47 Å². The summed E-state index contributed by atoms with van der Waals surface area (Å²) in [6.07, 6.45) is 5.98. The molecule has 0 radical (unpaired) electrons. The molecule has 2 atom stereocenters. The lowest BCUT2D eigenvalue weighted by molar-refractivity contribution is -0.00546. The van der Waals surface area contributed by atoms with Crippen molar-refractivity contribution >= 4 is 11.8 Å². The number of rotatable bonds is 6. The monoisotopic (exact) mass is 403 g/mol. The van der Waals surface area contributed by atoms with Gasteiger partial charge in [-0.2, -0.15) is 0 Å². The molecule has 0 saturated carbocycles. The minimum atomic E-state index is 0.238. The first-order chi connectivity index (χ1) is 14.0. The topological polar surface area (TPSA) is 62.2 Å². The number of aromatic nitrogens is 1. The molecular weight excluding hydrogens is 366 g/mol. The molecule has 0 aromatic carbocycles. The van der Waals surface area contributed by atoms with Gasteiger partial charge in [-0.25, -0.2) is 4.98 Å². The Morgan fingerprint density at radius 2 is 1.97 bits per heavy atom. The molecule has 162 valence electrons. The van der Waals surface area contributed by atoms with Crippen LogP contribution >= 0.6 is 0 Å². The maximum atomic E-state index is 5.82. The molecule has 2 aliphatic rings. The molecule has 0 amide bonds. The molecule has 2 unspecified atom stereocenters. The van der Waals surface area contributed by atoms with Crippen molar-refractivity contribution in [2.75, 3.05) is 51.8 Å². The minimum absolute atomic E-state index is 0.238. The number of nitrogens with zero attached hydrogens (tertiary/aromatic N) is 4. The average molecular weight is 404 g/mol. The van der Waals surface area contributed by atoms with Crippen LogP contribution < -0.4 is 10.2 Å². The Morgan fingerprint density at radius 3 is 2.59 bits per heavy atom. The van der Waals surface area contributed by atoms with Crippen LogP contribution in [0.1, 0.15) is 38.7 Å². The van der Waals surface area contributed by atoms with Gasteiger partial charge in [-0.15, -0.1) is 0 Å². The van der Waals surface area contributed by atoms with Gasteiger partial charge in [0.05, 0.1) is 12.2 Å². The van der Waals surface area contributed by atoms with Crippen LogP contribution in [0, 0.1) is 5.92 Å². The summed E-state index contributed by atoms with van der Waals surface area (Å²) in [6.45, 7) is 9.56. The molecule has 2 aliphatic heterocycles. The fraction of sp³-hybridized carbons (Fsp3) is 0.727. The average Bonchev–Trinajstić information content (AvgIpc) is 2.73. The molecule has 0 bridgehead atoms. The van der Waals surface area contributed by atoms with Gasteiger partial charge in [0.2, 0.25) is 0 Å². The van der Waals surface area contributed by atoms with E-state index in [9.17, 15) is 0 Å². The number of pyridine rings is 1. The molecule has 2 saturated heterocycles. The van der Waals surface area contributed by atoms with Crippen LogP contribution in [-0.2, 0) is 16.0 Å². The van der Waals surface area contributed by atoms with E-state index in [1.165, 1.54) is 19.3 Å². The summed E-state index contributed by atoms with van der Waals surface area (Å²) >= 11 is 0. The Bertz CT molecular complexity index is 635. The van der Waals surface area contributed by atoms with Crippen molar-refractivity contribution in [1.29, 1.82) is 0 Å². The predicted octanol–water partition coefficient (Wildman–Crippen LogP) is 2.52. The molecule has 1 aromatic heterocycles. The second-order valence-corrected chi connectivity index (χ2v) is 8.35. The third-order valence-corrected chi connectivity index (χ3v) is 5.79. The highest BCUT2D eigenvalue weighted by atomic mass is 16.5. The second kappa shape index (κ2) is 10.8. The molecule has 3 heterocycles. The molecule has 29 heavy (non-hydrogen) atoms. The Morgan fingerprint density at radius 1 is 1.24 bits per heavy atom. The Balaban J connectivity index is 1.46. The summed E-state index contributed by atoms with van der Waals surface area (Å²) < 4.78 is 11.3. The molecule has 1 N–H and O–H groups in total. The number of morpholine rings is 1. The van der Waals surface area contributed by atoms with Crippen LogP contribution in [-0.4, -0.2) is 75.0 Å². The van der Waals surface area contributed by atoms with Gasteiger partial charge in [-0.1, -0.05) is 6.07 Å². The lowest BCUT2D eigenvalue weighted by Crippen LogP contribution is -2.45. The van der Waals surface area contributed by atoms with Crippen molar-refractivity contribution in [3.05, 3.63) is 23.9 Å². The fourth-order valence-electron chi connectivity index (χ4n) is 4.16. The van der Waals surface area contributed by atoms with Gasteiger partial charge in [0.25, 0.3) is 0 Å². The number of guanidine groups is 1. The van der Waals surface area contributed by atoms with E-state index < -0.39 is 0 Å². The molecule has 7 nitrogen and oxygen atoms in total. The summed E-state index contributed by atoms with van der Waals surface area (Å²) in [7, 11) is 3.95. The zero-order valence-electron chi connectivity index (χ0n) is 18.4. The van der Waals surface area contributed by atoms with Gasteiger partial charge in [-0.3, -0.25) is 4.99 Å². The molecule has 0 aliphatic carbocycles. The number of ether oxygens (including phenoxy) is 2. The van der Waals surface area contributed by atoms with Gasteiger partial charge in [0.15, 0.2) is 5.96 Å². The molecule has 0 spiro atoms. The predicted molar refractivity (Wildman–Crippen MR) is 117 cm³/mol. The summed E-state index contributed by atoms with van der Waals surface area (Å²) in [4.78, 5) is 13.6. The first-order valence-electron chi connectivity index (χ1n) is 10.9. The minimum Gasteiger partial charge on any atom is -0.381 e. The zero-order valence-corrected chi connectivity index (χ0v) is 18.4. The van der Waals surface area contributed by atoms with E-state index in [0.29, 0.717) is 0 Å². The lowest BCUT2D eigenvalue weighted by atomic mass is 9.96. The normalized spacial score (nSPS) is 23.9. The summed E-state index contributed by atoms with van der Waals surface area (Å²) in [5.74, 6) is 2.72. The van der Waals surface area contributed by atoms with Gasteiger partial charge < -0.3 is 24.6 Å². The van der Waals surface area contributed by atoms with Gasteiger partial charge in [-0.05, 0) is 50.7 Å². The molecular formula is C22H37N5O2.